The van der Waals surface area contributed by atoms with Gasteiger partial charge in [0.15, 0.2) is 0 Å². The Morgan fingerprint density at radius 1 is 1.00 bits per heavy atom. The van der Waals surface area contributed by atoms with Gasteiger partial charge in [-0.05, 0) is 55.8 Å². The van der Waals surface area contributed by atoms with E-state index in [1.807, 2.05) is 48.9 Å². The van der Waals surface area contributed by atoms with Gasteiger partial charge >= 0.3 is 0 Å². The Kier molecular flexibility index (Phi) is 7.25. The zero-order valence-electron chi connectivity index (χ0n) is 24.3. The first kappa shape index (κ1) is 27.8. The molecule has 2 aliphatic rings. The van der Waals surface area contributed by atoms with Crippen molar-refractivity contribution >= 4 is 73.1 Å². The van der Waals surface area contributed by atoms with Gasteiger partial charge in [-0.15, -0.1) is 11.3 Å². The van der Waals surface area contributed by atoms with E-state index in [1.165, 1.54) is 21.6 Å². The highest BCUT2D eigenvalue weighted by Crippen LogP contribution is 2.46. The lowest BCUT2D eigenvalue weighted by molar-refractivity contribution is -0.665. The molecule has 0 bridgehead atoms. The second kappa shape index (κ2) is 11.2. The van der Waals surface area contributed by atoms with Crippen LogP contribution in [0.15, 0.2) is 88.3 Å². The minimum Gasteiger partial charge on any atom is -0.497 e. The van der Waals surface area contributed by atoms with E-state index in [0.29, 0.717) is 6.54 Å². The zero-order chi connectivity index (χ0) is 29.7. The van der Waals surface area contributed by atoms with Crippen LogP contribution in [0.3, 0.4) is 0 Å². The molecule has 2 aliphatic heterocycles. The minimum atomic E-state index is 0.0267. The molecule has 0 aliphatic carbocycles. The summed E-state index contributed by atoms with van der Waals surface area (Å²) in [7, 11) is 3.68. The number of hydrogen-bond donors (Lipinski definition) is 0. The largest absolute Gasteiger partial charge is 0.497 e. The minimum absolute atomic E-state index is 0.0267. The molecule has 0 spiro atoms. The lowest BCUT2D eigenvalue weighted by atomic mass is 10.0. The molecule has 3 aromatic carbocycles. The molecular formula is C34H30N3O3S3+. The molecule has 0 amide bonds. The van der Waals surface area contributed by atoms with Crippen LogP contribution in [0, 0.1) is 0 Å². The Morgan fingerprint density at radius 2 is 1.81 bits per heavy atom. The van der Waals surface area contributed by atoms with E-state index >= 15 is 0 Å². The molecule has 0 saturated carbocycles. The first-order chi connectivity index (χ1) is 21.0. The fourth-order valence-corrected chi connectivity index (χ4v) is 9.15. The van der Waals surface area contributed by atoms with Gasteiger partial charge in [0.05, 0.1) is 23.5 Å². The first-order valence-electron chi connectivity index (χ1n) is 14.2. The van der Waals surface area contributed by atoms with E-state index in [0.717, 1.165) is 64.8 Å². The van der Waals surface area contributed by atoms with Gasteiger partial charge in [-0.3, -0.25) is 9.36 Å². The predicted molar refractivity (Wildman–Crippen MR) is 179 cm³/mol. The molecule has 0 fully saturated rings. The third kappa shape index (κ3) is 4.81. The fourth-order valence-electron chi connectivity index (χ4n) is 5.53. The Morgan fingerprint density at radius 3 is 2.63 bits per heavy atom. The van der Waals surface area contributed by atoms with E-state index in [1.54, 1.807) is 30.2 Å². The van der Waals surface area contributed by atoms with Gasteiger partial charge in [0.2, 0.25) is 5.52 Å². The van der Waals surface area contributed by atoms with Crippen molar-refractivity contribution in [1.29, 1.82) is 0 Å². The van der Waals surface area contributed by atoms with Crippen molar-refractivity contribution in [3.8, 4) is 11.5 Å². The van der Waals surface area contributed by atoms with Crippen LogP contribution in [-0.2, 0) is 13.1 Å². The summed E-state index contributed by atoms with van der Waals surface area (Å²) in [6.45, 7) is 5.63. The number of anilines is 1. The molecular weight excluding hydrogens is 595 g/mol. The van der Waals surface area contributed by atoms with E-state index in [9.17, 15) is 4.79 Å². The molecule has 7 rings (SSSR count). The SMILES string of the molecule is CCn1c(=CC2=C/C(=C/c3sc4ccccc4[n+]3CC)Oc3ccccc32)s/c(=C2\Sc3ccc(OC)cc3N2C)c1=O. The molecule has 4 heterocycles. The topological polar surface area (TPSA) is 47.6 Å². The van der Waals surface area contributed by atoms with Crippen LogP contribution in [0.2, 0.25) is 0 Å². The van der Waals surface area contributed by atoms with Gasteiger partial charge in [0, 0.05) is 36.2 Å². The molecule has 9 heteroatoms. The summed E-state index contributed by atoms with van der Waals surface area (Å²) in [5, 5.41) is 2.07. The Bertz CT molecular complexity index is 2150. The standard InChI is InChI=1S/C34H30N3O3S3/c1-5-36-25-12-8-10-14-28(25)41-31(36)20-23-17-21(24-11-7-9-13-27(24)40-23)18-30-37(6-2)33(38)32(43-30)34-35(3)26-19-22(39-4)15-16-29(26)42-34/h7-20H,5-6H2,1-4H3/q+1/b34-32-. The molecule has 216 valence electrons. The van der Waals surface area contributed by atoms with Gasteiger partial charge < -0.3 is 14.4 Å². The third-order valence-corrected chi connectivity index (χ3v) is 11.3. The Labute approximate surface area is 261 Å². The summed E-state index contributed by atoms with van der Waals surface area (Å²) in [6, 6.07) is 22.6. The summed E-state index contributed by atoms with van der Waals surface area (Å²) in [5.41, 5.74) is 4.31. The number of allylic oxidation sites excluding steroid dienone is 2. The number of aromatic nitrogens is 2. The lowest BCUT2D eigenvalue weighted by Gasteiger charge is -2.18. The maximum atomic E-state index is 13.8. The predicted octanol–water partition coefficient (Wildman–Crippen LogP) is 6.07. The van der Waals surface area contributed by atoms with E-state index in [4.69, 9.17) is 9.47 Å². The van der Waals surface area contributed by atoms with Crippen molar-refractivity contribution in [2.24, 2.45) is 0 Å². The third-order valence-electron chi connectivity index (χ3n) is 7.68. The number of hydrogen-bond acceptors (Lipinski definition) is 7. The van der Waals surface area contributed by atoms with Crippen molar-refractivity contribution in [3.63, 3.8) is 0 Å². The van der Waals surface area contributed by atoms with Crippen LogP contribution >= 0.6 is 34.4 Å². The molecule has 2 aromatic heterocycles. The number of ether oxygens (including phenoxy) is 2. The quantitative estimate of drug-likeness (QED) is 0.223. The van der Waals surface area contributed by atoms with Crippen LogP contribution in [0.5, 0.6) is 11.5 Å². The molecule has 5 aromatic rings. The first-order valence-corrected chi connectivity index (χ1v) is 16.6. The van der Waals surface area contributed by atoms with E-state index < -0.39 is 0 Å². The summed E-state index contributed by atoms with van der Waals surface area (Å²) < 4.78 is 18.9. The number of nitrogens with zero attached hydrogens (tertiary/aromatic N) is 3. The second-order valence-corrected chi connectivity index (χ2v) is 13.3. The van der Waals surface area contributed by atoms with Gasteiger partial charge in [-0.25, -0.2) is 0 Å². The van der Waals surface area contributed by atoms with Crippen LogP contribution in [0.25, 0.3) is 33.0 Å². The maximum Gasteiger partial charge on any atom is 0.271 e. The van der Waals surface area contributed by atoms with Gasteiger partial charge in [-0.2, -0.15) is 4.57 Å². The van der Waals surface area contributed by atoms with Crippen LogP contribution in [-0.4, -0.2) is 18.7 Å². The smallest absolute Gasteiger partial charge is 0.271 e. The zero-order valence-corrected chi connectivity index (χ0v) is 26.7. The highest BCUT2D eigenvalue weighted by molar-refractivity contribution is 8.08. The maximum absolute atomic E-state index is 13.8. The van der Waals surface area contributed by atoms with Crippen LogP contribution in [0.1, 0.15) is 24.4 Å². The van der Waals surface area contributed by atoms with Crippen molar-refractivity contribution in [1.82, 2.24) is 4.57 Å². The van der Waals surface area contributed by atoms with Crippen molar-refractivity contribution in [2.45, 2.75) is 31.8 Å². The van der Waals surface area contributed by atoms with E-state index in [-0.39, 0.29) is 5.56 Å². The number of benzene rings is 3. The molecule has 0 unspecified atom stereocenters. The molecule has 0 radical (unpaired) electrons. The molecule has 0 atom stereocenters. The van der Waals surface area contributed by atoms with Crippen molar-refractivity contribution < 1.29 is 14.0 Å². The number of thiazole rings is 2. The number of para-hydroxylation sites is 2. The van der Waals surface area contributed by atoms with Crippen LogP contribution in [0.4, 0.5) is 5.69 Å². The molecule has 0 saturated heterocycles. The fraction of sp³-hybridized carbons (Fsp3) is 0.176. The summed E-state index contributed by atoms with van der Waals surface area (Å²) >= 11 is 4.92. The molecule has 43 heavy (non-hydrogen) atoms. The van der Waals surface area contributed by atoms with Crippen molar-refractivity contribution in [2.75, 3.05) is 19.1 Å². The van der Waals surface area contributed by atoms with Gasteiger partial charge in [0.25, 0.3) is 10.6 Å². The average Bonchev–Trinajstić information content (AvgIpc) is 3.66. The number of thioether (sulfide) groups is 1. The Hall–Kier alpha value is -4.05. The summed E-state index contributed by atoms with van der Waals surface area (Å²) in [6.07, 6.45) is 6.34. The molecule has 0 N–H and O–H groups in total. The molecule has 6 nitrogen and oxygen atoms in total. The Balaban J connectivity index is 1.38. The average molecular weight is 625 g/mol. The summed E-state index contributed by atoms with van der Waals surface area (Å²) in [5.74, 6) is 2.37. The monoisotopic (exact) mass is 624 g/mol. The number of methoxy groups -OCH3 is 1. The van der Waals surface area contributed by atoms with Crippen molar-refractivity contribution in [3.05, 3.63) is 109 Å². The van der Waals surface area contributed by atoms with Gasteiger partial charge in [-0.1, -0.05) is 53.4 Å². The second-order valence-electron chi connectivity index (χ2n) is 10.2. The van der Waals surface area contributed by atoms with E-state index in [2.05, 4.69) is 71.0 Å². The van der Waals surface area contributed by atoms with Crippen LogP contribution < -0.4 is 33.7 Å². The summed E-state index contributed by atoms with van der Waals surface area (Å²) in [4.78, 5) is 17.0. The lowest BCUT2D eigenvalue weighted by Crippen LogP contribution is -2.33. The number of fused-ring (bicyclic) bond motifs is 3. The number of aryl methyl sites for hydroxylation is 1. The highest BCUT2D eigenvalue weighted by atomic mass is 32.2. The highest BCUT2D eigenvalue weighted by Gasteiger charge is 2.26. The van der Waals surface area contributed by atoms with Gasteiger partial charge in [0.1, 0.15) is 38.1 Å². The normalized spacial score (nSPS) is 16.8. The number of rotatable bonds is 5.